The summed E-state index contributed by atoms with van der Waals surface area (Å²) in [6.07, 6.45) is 3.84. The van der Waals surface area contributed by atoms with Gasteiger partial charge in [-0.1, -0.05) is 84.0 Å². The molecule has 0 unspecified atom stereocenters. The van der Waals surface area contributed by atoms with E-state index >= 15 is 0 Å². The first kappa shape index (κ1) is 39.2. The Balaban J connectivity index is 1.12. The number of unbranched alkanes of at least 4 members (excludes halogenated alkanes) is 4. The maximum Gasteiger partial charge on any atom is 0.269 e. The second kappa shape index (κ2) is 19.2. The van der Waals surface area contributed by atoms with Crippen LogP contribution < -0.4 is 21.7 Å². The van der Waals surface area contributed by atoms with Crippen LogP contribution in [-0.4, -0.2) is 67.0 Å². The van der Waals surface area contributed by atoms with Gasteiger partial charge in [0.2, 0.25) is 11.8 Å². The summed E-state index contributed by atoms with van der Waals surface area (Å²) in [4.78, 5) is 78.3. The lowest BCUT2D eigenvalue weighted by atomic mass is 10.2. The van der Waals surface area contributed by atoms with Gasteiger partial charge >= 0.3 is 0 Å². The number of hydrazine groups is 2. The van der Waals surface area contributed by atoms with Crippen LogP contribution in [0.5, 0.6) is 0 Å². The monoisotopic (exact) mass is 794 g/mol. The minimum Gasteiger partial charge on any atom is -0.293 e. The molecule has 264 valence electrons. The standard InChI is InChI=1S/C32H32Cl2N6O6S4/c33-21-13-9-19(10-14-21)27(43)37-35-23(41)7-3-1-5-17-39-29(45)25(49-31(39)47)26-30(46)40(32(48)50-26)18-6-2-4-8-24(42)36-38-28(44)20-11-15-22(34)16-12-20/h9-16H,1-8,17-18H2,(H,35,41)(H,36,42)(H,37,43)(H,38,44). The summed E-state index contributed by atoms with van der Waals surface area (Å²) in [6.45, 7) is 0.670. The third-order valence-electron chi connectivity index (χ3n) is 7.32. The van der Waals surface area contributed by atoms with Crippen LogP contribution >= 0.6 is 71.2 Å². The van der Waals surface area contributed by atoms with Gasteiger partial charge in [-0.3, -0.25) is 60.3 Å². The lowest BCUT2D eigenvalue weighted by Gasteiger charge is -2.14. The summed E-state index contributed by atoms with van der Waals surface area (Å²) in [5.74, 6) is -2.31. The molecule has 2 aromatic carbocycles. The van der Waals surface area contributed by atoms with Crippen molar-refractivity contribution in [1.29, 1.82) is 0 Å². The van der Waals surface area contributed by atoms with E-state index < -0.39 is 11.8 Å². The minimum atomic E-state index is -0.460. The number of carbonyl (C=O) groups is 6. The van der Waals surface area contributed by atoms with Crippen LogP contribution in [-0.2, 0) is 19.2 Å². The number of nitrogens with one attached hydrogen (secondary N) is 4. The Morgan fingerprint density at radius 3 is 1.28 bits per heavy atom. The Bertz CT molecular complexity index is 1580. The van der Waals surface area contributed by atoms with E-state index in [1.807, 2.05) is 0 Å². The summed E-state index contributed by atoms with van der Waals surface area (Å²) < 4.78 is 0.695. The van der Waals surface area contributed by atoms with Crippen LogP contribution in [0.1, 0.15) is 72.1 Å². The van der Waals surface area contributed by atoms with Crippen molar-refractivity contribution in [3.63, 3.8) is 0 Å². The van der Waals surface area contributed by atoms with Gasteiger partial charge in [-0.05, 0) is 74.2 Å². The molecule has 0 aromatic heterocycles. The fourth-order valence-electron chi connectivity index (χ4n) is 4.65. The molecule has 0 spiro atoms. The van der Waals surface area contributed by atoms with Gasteiger partial charge < -0.3 is 0 Å². The van der Waals surface area contributed by atoms with Gasteiger partial charge in [0, 0.05) is 47.1 Å². The van der Waals surface area contributed by atoms with Crippen molar-refractivity contribution in [2.75, 3.05) is 13.1 Å². The molecular formula is C32H32Cl2N6O6S4. The number of thioether (sulfide) groups is 2. The van der Waals surface area contributed by atoms with E-state index in [9.17, 15) is 28.8 Å². The highest BCUT2D eigenvalue weighted by Crippen LogP contribution is 2.42. The van der Waals surface area contributed by atoms with Gasteiger partial charge in [-0.25, -0.2) is 0 Å². The zero-order valence-electron chi connectivity index (χ0n) is 26.4. The van der Waals surface area contributed by atoms with Crippen LogP contribution in [0.25, 0.3) is 0 Å². The molecule has 50 heavy (non-hydrogen) atoms. The fourth-order valence-corrected chi connectivity index (χ4v) is 7.67. The van der Waals surface area contributed by atoms with Crippen molar-refractivity contribution in [2.24, 2.45) is 0 Å². The molecule has 2 aliphatic heterocycles. The topological polar surface area (TPSA) is 157 Å². The first-order valence-corrected chi connectivity index (χ1v) is 18.7. The molecule has 0 aliphatic carbocycles. The van der Waals surface area contributed by atoms with E-state index in [0.717, 1.165) is 23.5 Å². The molecule has 4 rings (SSSR count). The van der Waals surface area contributed by atoms with Crippen molar-refractivity contribution >= 4 is 115 Å². The van der Waals surface area contributed by atoms with Gasteiger partial charge in [-0.15, -0.1) is 0 Å². The molecule has 18 heteroatoms. The molecule has 2 saturated heterocycles. The van der Waals surface area contributed by atoms with Crippen LogP contribution in [0.15, 0.2) is 58.3 Å². The van der Waals surface area contributed by atoms with Gasteiger partial charge in [0.25, 0.3) is 23.6 Å². The summed E-state index contributed by atoms with van der Waals surface area (Å²) in [5.41, 5.74) is 10.2. The van der Waals surface area contributed by atoms with Crippen molar-refractivity contribution in [1.82, 2.24) is 31.5 Å². The maximum atomic E-state index is 13.2. The zero-order chi connectivity index (χ0) is 36.2. The van der Waals surface area contributed by atoms with Gasteiger partial charge in [0.15, 0.2) is 0 Å². The number of hydrogen-bond acceptors (Lipinski definition) is 10. The molecule has 0 radical (unpaired) electrons. The van der Waals surface area contributed by atoms with E-state index in [2.05, 4.69) is 21.7 Å². The summed E-state index contributed by atoms with van der Waals surface area (Å²) in [5, 5.41) is 0.994. The average Bonchev–Trinajstić information content (AvgIpc) is 3.54. The largest absolute Gasteiger partial charge is 0.293 e. The van der Waals surface area contributed by atoms with E-state index in [1.54, 1.807) is 48.5 Å². The molecule has 2 heterocycles. The van der Waals surface area contributed by atoms with E-state index in [1.165, 1.54) is 9.80 Å². The van der Waals surface area contributed by atoms with Gasteiger partial charge in [0.05, 0.1) is 9.81 Å². The summed E-state index contributed by atoms with van der Waals surface area (Å²) >= 11 is 24.6. The molecule has 12 nitrogen and oxygen atoms in total. The number of carbonyl (C=O) groups excluding carboxylic acids is 6. The normalized spacial score (nSPS) is 15.8. The maximum absolute atomic E-state index is 13.2. The molecule has 0 atom stereocenters. The number of hydrogen-bond donors (Lipinski definition) is 4. The van der Waals surface area contributed by atoms with E-state index in [0.29, 0.717) is 81.4 Å². The Kier molecular flexibility index (Phi) is 15.1. The number of benzene rings is 2. The molecule has 2 aliphatic rings. The van der Waals surface area contributed by atoms with Crippen molar-refractivity contribution < 1.29 is 28.8 Å². The molecule has 4 N–H and O–H groups in total. The zero-order valence-corrected chi connectivity index (χ0v) is 31.2. The second-order valence-electron chi connectivity index (χ2n) is 10.9. The predicted octanol–water partition coefficient (Wildman–Crippen LogP) is 5.27. The third kappa shape index (κ3) is 11.2. The number of halogens is 2. The molecule has 0 saturated carbocycles. The number of thiocarbonyl (C=S) groups is 2. The smallest absolute Gasteiger partial charge is 0.269 e. The number of nitrogens with zero attached hydrogens (tertiary/aromatic N) is 2. The van der Waals surface area contributed by atoms with Gasteiger partial charge in [-0.2, -0.15) is 0 Å². The highest BCUT2D eigenvalue weighted by molar-refractivity contribution is 8.29. The third-order valence-corrected chi connectivity index (χ3v) is 10.8. The van der Waals surface area contributed by atoms with Crippen molar-refractivity contribution in [3.8, 4) is 0 Å². The Hall–Kier alpha value is -3.54. The van der Waals surface area contributed by atoms with Crippen LogP contribution in [0, 0.1) is 0 Å². The molecular weight excluding hydrogens is 764 g/mol. The molecule has 2 aromatic rings. The van der Waals surface area contributed by atoms with E-state index in [4.69, 9.17) is 47.6 Å². The first-order valence-electron chi connectivity index (χ1n) is 15.5. The predicted molar refractivity (Wildman–Crippen MR) is 202 cm³/mol. The SMILES string of the molecule is O=C(CCCCCN1C(=O)C(=C2SC(=S)N(CCCCCC(=O)NNC(=O)c3ccc(Cl)cc3)C2=O)SC1=S)NNC(=O)c1ccc(Cl)cc1. The fraction of sp³-hybridized carbons (Fsp3) is 0.312. The van der Waals surface area contributed by atoms with Gasteiger partial charge in [0.1, 0.15) is 8.64 Å². The number of amides is 6. The van der Waals surface area contributed by atoms with Crippen LogP contribution in [0.4, 0.5) is 0 Å². The molecule has 6 amide bonds. The van der Waals surface area contributed by atoms with E-state index in [-0.39, 0.29) is 46.3 Å². The lowest BCUT2D eigenvalue weighted by molar-refractivity contribution is -0.124. The molecule has 2 fully saturated rings. The quantitative estimate of drug-likeness (QED) is 0.0861. The number of rotatable bonds is 14. The van der Waals surface area contributed by atoms with Crippen LogP contribution in [0.3, 0.4) is 0 Å². The second-order valence-corrected chi connectivity index (χ2v) is 15.1. The van der Waals surface area contributed by atoms with Crippen LogP contribution in [0.2, 0.25) is 10.0 Å². The first-order chi connectivity index (χ1) is 23.9. The summed E-state index contributed by atoms with van der Waals surface area (Å²) in [7, 11) is 0. The highest BCUT2D eigenvalue weighted by Gasteiger charge is 2.41. The average molecular weight is 796 g/mol. The minimum absolute atomic E-state index is 0.179. The van der Waals surface area contributed by atoms with Crippen molar-refractivity contribution in [2.45, 2.75) is 51.4 Å². The Labute approximate surface area is 317 Å². The Morgan fingerprint density at radius 2 is 0.920 bits per heavy atom. The summed E-state index contributed by atoms with van der Waals surface area (Å²) in [6, 6.07) is 12.5. The lowest BCUT2D eigenvalue weighted by Crippen LogP contribution is -2.41. The highest BCUT2D eigenvalue weighted by atomic mass is 35.5. The Morgan fingerprint density at radius 1 is 0.560 bits per heavy atom. The van der Waals surface area contributed by atoms with Crippen molar-refractivity contribution in [3.05, 3.63) is 79.5 Å². The molecule has 0 bridgehead atoms.